The second-order valence-corrected chi connectivity index (χ2v) is 8.83. The van der Waals surface area contributed by atoms with E-state index >= 15 is 0 Å². The lowest BCUT2D eigenvalue weighted by molar-refractivity contribution is -0.125. The standard InChI is InChI=1S/C26H34N4O7/c1-5-35-22-13-19(11-12-21(22)36-17-23(27)31)14-28-30-24(32)20(29-25(33)37-26(2,3)4)16-34-15-18-9-7-6-8-10-18/h6-14,20H,5,15-17H2,1-4H3,(H2,27,31)(H,29,33)(H,30,32)/b28-14-/t20-/m0/s1. The number of nitrogens with one attached hydrogen (secondary N) is 2. The maximum absolute atomic E-state index is 12.8. The molecular weight excluding hydrogens is 480 g/mol. The minimum absolute atomic E-state index is 0.101. The Morgan fingerprint density at radius 2 is 1.78 bits per heavy atom. The van der Waals surface area contributed by atoms with Gasteiger partial charge in [-0.2, -0.15) is 5.10 Å². The first-order chi connectivity index (χ1) is 17.6. The molecule has 200 valence electrons. The quantitative estimate of drug-likeness (QED) is 0.274. The summed E-state index contributed by atoms with van der Waals surface area (Å²) in [5.74, 6) is -0.475. The number of hydrogen-bond acceptors (Lipinski definition) is 8. The zero-order valence-corrected chi connectivity index (χ0v) is 21.5. The van der Waals surface area contributed by atoms with E-state index < -0.39 is 29.6 Å². The molecular formula is C26H34N4O7. The topological polar surface area (TPSA) is 151 Å². The summed E-state index contributed by atoms with van der Waals surface area (Å²) in [6.07, 6.45) is 0.640. The van der Waals surface area contributed by atoms with Crippen LogP contribution in [0.3, 0.4) is 0 Å². The van der Waals surface area contributed by atoms with Gasteiger partial charge in [-0.25, -0.2) is 10.2 Å². The third-order valence-electron chi connectivity index (χ3n) is 4.43. The third-order valence-corrected chi connectivity index (χ3v) is 4.43. The average Bonchev–Trinajstić information content (AvgIpc) is 2.82. The highest BCUT2D eigenvalue weighted by atomic mass is 16.6. The molecule has 37 heavy (non-hydrogen) atoms. The summed E-state index contributed by atoms with van der Waals surface area (Å²) in [6.45, 7) is 7.20. The maximum atomic E-state index is 12.8. The van der Waals surface area contributed by atoms with Crippen LogP contribution in [0.25, 0.3) is 0 Å². The Hall–Kier alpha value is -4.12. The Labute approximate surface area is 216 Å². The van der Waals surface area contributed by atoms with Crippen LogP contribution < -0.4 is 25.9 Å². The van der Waals surface area contributed by atoms with E-state index in [4.69, 9.17) is 24.7 Å². The largest absolute Gasteiger partial charge is 0.490 e. The molecule has 0 saturated heterocycles. The summed E-state index contributed by atoms with van der Waals surface area (Å²) in [5, 5.41) is 6.49. The van der Waals surface area contributed by atoms with Gasteiger partial charge in [0.25, 0.3) is 11.8 Å². The fourth-order valence-electron chi connectivity index (χ4n) is 2.89. The molecule has 11 heteroatoms. The van der Waals surface area contributed by atoms with Gasteiger partial charge in [0.05, 0.1) is 26.0 Å². The molecule has 0 unspecified atom stereocenters. The van der Waals surface area contributed by atoms with Crippen LogP contribution in [0.1, 0.15) is 38.8 Å². The molecule has 2 aromatic carbocycles. The molecule has 0 aromatic heterocycles. The van der Waals surface area contributed by atoms with E-state index in [1.54, 1.807) is 45.9 Å². The SMILES string of the molecule is CCOc1cc(/C=N\NC(=O)[C@H](COCc2ccccc2)NC(=O)OC(C)(C)C)ccc1OCC(N)=O. The first-order valence-electron chi connectivity index (χ1n) is 11.7. The molecule has 11 nitrogen and oxygen atoms in total. The number of alkyl carbamates (subject to hydrolysis) is 1. The predicted molar refractivity (Wildman–Crippen MR) is 137 cm³/mol. The van der Waals surface area contributed by atoms with Gasteiger partial charge in [0, 0.05) is 0 Å². The number of primary amides is 1. The minimum Gasteiger partial charge on any atom is -0.490 e. The normalized spacial score (nSPS) is 12.0. The molecule has 3 amide bonds. The molecule has 0 aliphatic carbocycles. The summed E-state index contributed by atoms with van der Waals surface area (Å²) in [7, 11) is 0. The van der Waals surface area contributed by atoms with Crippen LogP contribution in [0.4, 0.5) is 4.79 Å². The van der Waals surface area contributed by atoms with E-state index in [1.165, 1.54) is 6.21 Å². The van der Waals surface area contributed by atoms with Crippen molar-refractivity contribution in [1.29, 1.82) is 0 Å². The molecule has 0 fully saturated rings. The van der Waals surface area contributed by atoms with Crippen LogP contribution in [0, 0.1) is 0 Å². The number of rotatable bonds is 13. The number of benzene rings is 2. The van der Waals surface area contributed by atoms with E-state index in [0.29, 0.717) is 23.7 Å². The van der Waals surface area contributed by atoms with Crippen molar-refractivity contribution in [2.45, 2.75) is 45.9 Å². The van der Waals surface area contributed by atoms with E-state index in [1.807, 2.05) is 30.3 Å². The smallest absolute Gasteiger partial charge is 0.408 e. The number of ether oxygens (including phenoxy) is 4. The van der Waals surface area contributed by atoms with E-state index in [-0.39, 0.29) is 19.8 Å². The monoisotopic (exact) mass is 514 g/mol. The van der Waals surface area contributed by atoms with Gasteiger partial charge in [-0.3, -0.25) is 9.59 Å². The van der Waals surface area contributed by atoms with Crippen LogP contribution >= 0.6 is 0 Å². The fraction of sp³-hybridized carbons (Fsp3) is 0.385. The van der Waals surface area contributed by atoms with Crippen molar-refractivity contribution in [2.75, 3.05) is 19.8 Å². The maximum Gasteiger partial charge on any atom is 0.408 e. The second-order valence-electron chi connectivity index (χ2n) is 8.83. The van der Waals surface area contributed by atoms with Crippen LogP contribution in [-0.2, 0) is 25.7 Å². The Morgan fingerprint density at radius 1 is 1.05 bits per heavy atom. The number of carbonyl (C=O) groups excluding carboxylic acids is 3. The summed E-state index contributed by atoms with van der Waals surface area (Å²) in [5.41, 5.74) is 8.30. The van der Waals surface area contributed by atoms with Gasteiger partial charge in [0.1, 0.15) is 11.6 Å². The zero-order chi connectivity index (χ0) is 27.3. The highest BCUT2D eigenvalue weighted by Gasteiger charge is 2.24. The summed E-state index contributed by atoms with van der Waals surface area (Å²) >= 11 is 0. The van der Waals surface area contributed by atoms with E-state index in [9.17, 15) is 14.4 Å². The number of carbonyl (C=O) groups is 3. The molecule has 2 aromatic rings. The van der Waals surface area contributed by atoms with Crippen molar-refractivity contribution in [3.63, 3.8) is 0 Å². The van der Waals surface area contributed by atoms with Crippen molar-refractivity contribution < 1.29 is 33.3 Å². The van der Waals surface area contributed by atoms with E-state index in [2.05, 4.69) is 15.8 Å². The average molecular weight is 515 g/mol. The number of hydrogen-bond donors (Lipinski definition) is 3. The lowest BCUT2D eigenvalue weighted by Gasteiger charge is -2.22. The van der Waals surface area contributed by atoms with Crippen molar-refractivity contribution in [1.82, 2.24) is 10.7 Å². The highest BCUT2D eigenvalue weighted by molar-refractivity contribution is 5.87. The summed E-state index contributed by atoms with van der Waals surface area (Å²) < 4.78 is 21.8. The number of nitrogens with zero attached hydrogens (tertiary/aromatic N) is 1. The highest BCUT2D eigenvalue weighted by Crippen LogP contribution is 2.28. The fourth-order valence-corrected chi connectivity index (χ4v) is 2.89. The molecule has 0 aliphatic heterocycles. The van der Waals surface area contributed by atoms with Gasteiger partial charge >= 0.3 is 6.09 Å². The molecule has 0 radical (unpaired) electrons. The summed E-state index contributed by atoms with van der Waals surface area (Å²) in [6, 6.07) is 13.3. The van der Waals surface area contributed by atoms with Crippen molar-refractivity contribution >= 4 is 24.1 Å². The van der Waals surface area contributed by atoms with Gasteiger partial charge < -0.3 is 30.0 Å². The zero-order valence-electron chi connectivity index (χ0n) is 21.5. The lowest BCUT2D eigenvalue weighted by atomic mass is 10.2. The Morgan fingerprint density at radius 3 is 2.43 bits per heavy atom. The van der Waals surface area contributed by atoms with Crippen LogP contribution in [0.2, 0.25) is 0 Å². The van der Waals surface area contributed by atoms with Gasteiger partial charge in [-0.1, -0.05) is 30.3 Å². The van der Waals surface area contributed by atoms with Gasteiger partial charge in [0.15, 0.2) is 18.1 Å². The number of amides is 3. The Bertz CT molecular complexity index is 1070. The minimum atomic E-state index is -1.06. The Kier molecular flexibility index (Phi) is 11.4. The Balaban J connectivity index is 2.04. The van der Waals surface area contributed by atoms with Crippen molar-refractivity contribution in [2.24, 2.45) is 10.8 Å². The van der Waals surface area contributed by atoms with Gasteiger partial charge in [0.2, 0.25) is 0 Å². The first-order valence-corrected chi connectivity index (χ1v) is 11.7. The number of nitrogens with two attached hydrogens (primary N) is 1. The molecule has 0 bridgehead atoms. The van der Waals surface area contributed by atoms with Crippen LogP contribution in [0.5, 0.6) is 11.5 Å². The predicted octanol–water partition coefficient (Wildman–Crippen LogP) is 2.51. The molecule has 2 rings (SSSR count). The molecule has 0 heterocycles. The number of hydrazone groups is 1. The van der Waals surface area contributed by atoms with Gasteiger partial charge in [-0.05, 0) is 57.0 Å². The second kappa shape index (κ2) is 14.4. The van der Waals surface area contributed by atoms with Gasteiger partial charge in [-0.15, -0.1) is 0 Å². The molecule has 0 aliphatic rings. The van der Waals surface area contributed by atoms with Crippen LogP contribution in [0.15, 0.2) is 53.6 Å². The van der Waals surface area contributed by atoms with E-state index in [0.717, 1.165) is 5.56 Å². The molecule has 4 N–H and O–H groups in total. The molecule has 0 saturated carbocycles. The molecule has 1 atom stereocenters. The van der Waals surface area contributed by atoms with Crippen molar-refractivity contribution in [3.05, 3.63) is 59.7 Å². The molecule has 0 spiro atoms. The van der Waals surface area contributed by atoms with Crippen molar-refractivity contribution in [3.8, 4) is 11.5 Å². The third kappa shape index (κ3) is 11.4. The first kappa shape index (κ1) is 29.1. The lowest BCUT2D eigenvalue weighted by Crippen LogP contribution is -2.49. The summed E-state index contributed by atoms with van der Waals surface area (Å²) in [4.78, 5) is 36.0. The van der Waals surface area contributed by atoms with Crippen LogP contribution in [-0.4, -0.2) is 55.6 Å².